The van der Waals surface area contributed by atoms with Crippen LogP contribution in [-0.4, -0.2) is 44.6 Å². The van der Waals surface area contributed by atoms with Crippen LogP contribution in [0, 0.1) is 45.9 Å². The summed E-state index contributed by atoms with van der Waals surface area (Å²) in [7, 11) is 0. The van der Waals surface area contributed by atoms with Gasteiger partial charge in [-0.15, -0.1) is 0 Å². The molecule has 184 valence electrons. The van der Waals surface area contributed by atoms with Crippen molar-refractivity contribution in [3.8, 4) is 0 Å². The van der Waals surface area contributed by atoms with Gasteiger partial charge in [-0.25, -0.2) is 0 Å². The van der Waals surface area contributed by atoms with Crippen LogP contribution in [0.25, 0.3) is 0 Å². The molecule has 0 saturated heterocycles. The number of benzene rings is 2. The van der Waals surface area contributed by atoms with Crippen molar-refractivity contribution in [3.63, 3.8) is 0 Å². The first-order chi connectivity index (χ1) is 16.2. The number of carbonyl (C=O) groups is 2. The summed E-state index contributed by atoms with van der Waals surface area (Å²) in [6.45, 7) is 3.08. The number of non-ortho nitro benzene ring substituents is 4. The highest BCUT2D eigenvalue weighted by molar-refractivity contribution is 5.96. The van der Waals surface area contributed by atoms with Crippen molar-refractivity contribution >= 4 is 34.6 Å². The Kier molecular flexibility index (Phi) is 7.70. The fourth-order valence-corrected chi connectivity index (χ4v) is 2.78. The number of nitro benzene ring substituents is 4. The van der Waals surface area contributed by atoms with Gasteiger partial charge in [0.05, 0.1) is 43.0 Å². The fraction of sp³-hybridized carbons (Fsp3) is 0.263. The van der Waals surface area contributed by atoms with Crippen LogP contribution in [0.5, 0.6) is 0 Å². The minimum Gasteiger partial charge on any atom is -0.351 e. The van der Waals surface area contributed by atoms with Gasteiger partial charge in [0.15, 0.2) is 0 Å². The minimum atomic E-state index is -0.874. The van der Waals surface area contributed by atoms with Gasteiger partial charge in [-0.1, -0.05) is 13.8 Å². The minimum absolute atomic E-state index is 0.0856. The van der Waals surface area contributed by atoms with E-state index in [-0.39, 0.29) is 24.2 Å². The predicted molar refractivity (Wildman–Crippen MR) is 118 cm³/mol. The molecule has 2 amide bonds. The van der Waals surface area contributed by atoms with E-state index >= 15 is 0 Å². The number of nitrogens with zero attached hydrogens (tertiary/aromatic N) is 4. The highest BCUT2D eigenvalue weighted by Gasteiger charge is 2.25. The van der Waals surface area contributed by atoms with Gasteiger partial charge < -0.3 is 10.6 Å². The van der Waals surface area contributed by atoms with Crippen LogP contribution in [0.2, 0.25) is 0 Å². The Morgan fingerprint density at radius 2 is 0.886 bits per heavy atom. The normalized spacial score (nSPS) is 10.8. The summed E-state index contributed by atoms with van der Waals surface area (Å²) in [5.41, 5.74) is -4.00. The molecule has 0 saturated carbocycles. The van der Waals surface area contributed by atoms with E-state index in [0.717, 1.165) is 24.3 Å². The zero-order valence-electron chi connectivity index (χ0n) is 18.2. The molecule has 0 aliphatic carbocycles. The van der Waals surface area contributed by atoms with E-state index in [9.17, 15) is 50.0 Å². The van der Waals surface area contributed by atoms with Crippen LogP contribution in [0.3, 0.4) is 0 Å². The summed E-state index contributed by atoms with van der Waals surface area (Å²) in [4.78, 5) is 65.3. The SMILES string of the molecule is CC(C)(CNC(=O)c1cc([N+](=O)[O-])cc([N+](=O)[O-])c1)CNC(=O)c1cc([N+](=O)[O-])cc([N+](=O)[O-])c1. The molecule has 0 spiro atoms. The second kappa shape index (κ2) is 10.3. The second-order valence-electron chi connectivity index (χ2n) is 8.03. The molecule has 0 aliphatic rings. The Balaban J connectivity index is 2.09. The molecule has 0 fully saturated rings. The van der Waals surface area contributed by atoms with Crippen molar-refractivity contribution < 1.29 is 29.3 Å². The van der Waals surface area contributed by atoms with Gasteiger partial charge in [0.25, 0.3) is 34.6 Å². The van der Waals surface area contributed by atoms with Gasteiger partial charge >= 0.3 is 0 Å². The van der Waals surface area contributed by atoms with Gasteiger partial charge in [-0.3, -0.25) is 50.0 Å². The molecule has 16 heteroatoms. The maximum atomic E-state index is 12.4. The first-order valence-electron chi connectivity index (χ1n) is 9.64. The third kappa shape index (κ3) is 6.98. The molecule has 2 N–H and O–H groups in total. The number of hydrogen-bond acceptors (Lipinski definition) is 10. The summed E-state index contributed by atoms with van der Waals surface area (Å²) in [5, 5.41) is 48.9. The topological polar surface area (TPSA) is 231 Å². The lowest BCUT2D eigenvalue weighted by molar-refractivity contribution is -0.394. The number of carbonyl (C=O) groups excluding carboxylic acids is 2. The third-order valence-corrected chi connectivity index (χ3v) is 4.63. The van der Waals surface area contributed by atoms with E-state index < -0.39 is 59.7 Å². The summed E-state index contributed by atoms with van der Waals surface area (Å²) >= 11 is 0. The molecule has 0 aromatic heterocycles. The lowest BCUT2D eigenvalue weighted by atomic mass is 9.93. The number of amides is 2. The monoisotopic (exact) mass is 490 g/mol. The van der Waals surface area contributed by atoms with Crippen LogP contribution >= 0.6 is 0 Å². The molecule has 0 heterocycles. The Labute approximate surface area is 195 Å². The van der Waals surface area contributed by atoms with Crippen molar-refractivity contribution in [2.24, 2.45) is 5.41 Å². The molecule has 2 rings (SSSR count). The smallest absolute Gasteiger partial charge is 0.277 e. The molecule has 0 bridgehead atoms. The van der Waals surface area contributed by atoms with Gasteiger partial charge in [0, 0.05) is 37.4 Å². The van der Waals surface area contributed by atoms with E-state index in [1.54, 1.807) is 13.8 Å². The summed E-state index contributed by atoms with van der Waals surface area (Å²) in [6, 6.07) is 4.96. The van der Waals surface area contributed by atoms with Crippen molar-refractivity contribution in [1.29, 1.82) is 0 Å². The molecular formula is C19H18N6O10. The number of nitro groups is 4. The van der Waals surface area contributed by atoms with Crippen LogP contribution < -0.4 is 10.6 Å². The molecular weight excluding hydrogens is 472 g/mol. The summed E-state index contributed by atoms with van der Waals surface area (Å²) < 4.78 is 0. The van der Waals surface area contributed by atoms with Gasteiger partial charge in [-0.2, -0.15) is 0 Å². The Bertz CT molecular complexity index is 1080. The first kappa shape index (κ1) is 26.2. The van der Waals surface area contributed by atoms with E-state index in [2.05, 4.69) is 10.6 Å². The Morgan fingerprint density at radius 1 is 0.629 bits per heavy atom. The largest absolute Gasteiger partial charge is 0.351 e. The lowest BCUT2D eigenvalue weighted by Crippen LogP contribution is -2.42. The molecule has 0 atom stereocenters. The van der Waals surface area contributed by atoms with Crippen molar-refractivity contribution in [1.82, 2.24) is 10.6 Å². The van der Waals surface area contributed by atoms with Crippen molar-refractivity contribution in [2.45, 2.75) is 13.8 Å². The van der Waals surface area contributed by atoms with E-state index in [0.29, 0.717) is 12.1 Å². The summed E-state index contributed by atoms with van der Waals surface area (Å²) in [5.74, 6) is -1.66. The lowest BCUT2D eigenvalue weighted by Gasteiger charge is -2.25. The van der Waals surface area contributed by atoms with Crippen LogP contribution in [-0.2, 0) is 0 Å². The number of nitrogens with one attached hydrogen (secondary N) is 2. The molecule has 0 aliphatic heterocycles. The maximum absolute atomic E-state index is 12.4. The van der Waals surface area contributed by atoms with Gasteiger partial charge in [-0.05, 0) is 5.41 Å². The molecule has 16 nitrogen and oxygen atoms in total. The Hall–Kier alpha value is -5.02. The quantitative estimate of drug-likeness (QED) is 0.365. The van der Waals surface area contributed by atoms with Gasteiger partial charge in [0.1, 0.15) is 0 Å². The highest BCUT2D eigenvalue weighted by Crippen LogP contribution is 2.24. The molecule has 0 radical (unpaired) electrons. The first-order valence-corrected chi connectivity index (χ1v) is 9.64. The van der Waals surface area contributed by atoms with Crippen LogP contribution in [0.1, 0.15) is 34.6 Å². The number of rotatable bonds is 10. The van der Waals surface area contributed by atoms with Crippen LogP contribution in [0.4, 0.5) is 22.7 Å². The average Bonchev–Trinajstić information content (AvgIpc) is 2.80. The summed E-state index contributed by atoms with van der Waals surface area (Å²) in [6.07, 6.45) is 0. The molecule has 0 unspecified atom stereocenters. The van der Waals surface area contributed by atoms with E-state index in [4.69, 9.17) is 0 Å². The highest BCUT2D eigenvalue weighted by atomic mass is 16.6. The predicted octanol–water partition coefficient (Wildman–Crippen LogP) is 2.51. The third-order valence-electron chi connectivity index (χ3n) is 4.63. The average molecular weight is 490 g/mol. The van der Waals surface area contributed by atoms with E-state index in [1.165, 1.54) is 0 Å². The standard InChI is InChI=1S/C19H18N6O10/c1-19(2,9-20-17(26)11-3-13(22(28)29)7-14(4-11)23(30)31)10-21-18(27)12-5-15(24(32)33)8-16(6-12)25(34)35/h3-8H,9-10H2,1-2H3,(H,20,26)(H,21,27). The Morgan fingerprint density at radius 3 is 1.11 bits per heavy atom. The molecule has 2 aromatic carbocycles. The maximum Gasteiger partial charge on any atom is 0.277 e. The fourth-order valence-electron chi connectivity index (χ4n) is 2.78. The molecule has 2 aromatic rings. The van der Waals surface area contributed by atoms with Crippen molar-refractivity contribution in [3.05, 3.63) is 88.0 Å². The van der Waals surface area contributed by atoms with Crippen molar-refractivity contribution in [2.75, 3.05) is 13.1 Å². The number of hydrogen-bond donors (Lipinski definition) is 2. The van der Waals surface area contributed by atoms with Gasteiger partial charge in [0.2, 0.25) is 0 Å². The zero-order chi connectivity index (χ0) is 26.5. The van der Waals surface area contributed by atoms with E-state index in [1.807, 2.05) is 0 Å². The van der Waals surface area contributed by atoms with Crippen LogP contribution in [0.15, 0.2) is 36.4 Å². The molecule has 35 heavy (non-hydrogen) atoms. The zero-order valence-corrected chi connectivity index (χ0v) is 18.2. The second-order valence-corrected chi connectivity index (χ2v) is 8.03.